The molecule has 0 heterocycles. The highest BCUT2D eigenvalue weighted by molar-refractivity contribution is 5.87. The van der Waals surface area contributed by atoms with Crippen molar-refractivity contribution < 1.29 is 9.90 Å². The summed E-state index contributed by atoms with van der Waals surface area (Å²) in [5.41, 5.74) is -0.784. The highest BCUT2D eigenvalue weighted by Gasteiger charge is 2.26. The summed E-state index contributed by atoms with van der Waals surface area (Å²) in [5.74, 6) is -0.138. The number of allylic oxidation sites excluding steroid dienone is 9. The standard InChI is InChI=1S/C30H51NO2/c1-4-7-10-13-14-15-16-17-18-19-20-21-22-25-29(32)31-28-30(33,26-23-11-8-5-2)27-24-12-9-6-3/h10,13-17,20-22,25,33H,4-9,11-12,18-19,23-24,26-28H2,1-3H3,(H,31,32). The summed E-state index contributed by atoms with van der Waals surface area (Å²) in [6.07, 6.45) is 34.8. The van der Waals surface area contributed by atoms with Crippen LogP contribution in [-0.4, -0.2) is 23.2 Å². The summed E-state index contributed by atoms with van der Waals surface area (Å²) in [4.78, 5) is 12.2. The van der Waals surface area contributed by atoms with Crippen molar-refractivity contribution in [3.63, 3.8) is 0 Å². The van der Waals surface area contributed by atoms with E-state index < -0.39 is 5.60 Å². The Bertz CT molecular complexity index is 586. The predicted octanol–water partition coefficient (Wildman–Crippen LogP) is 8.14. The third-order valence-corrected chi connectivity index (χ3v) is 5.64. The van der Waals surface area contributed by atoms with Gasteiger partial charge in [-0.1, -0.05) is 133 Å². The Balaban J connectivity index is 4.25. The van der Waals surface area contributed by atoms with Crippen LogP contribution in [0.1, 0.15) is 111 Å². The monoisotopic (exact) mass is 457 g/mol. The highest BCUT2D eigenvalue weighted by Crippen LogP contribution is 2.22. The van der Waals surface area contributed by atoms with Crippen LogP contribution < -0.4 is 5.32 Å². The van der Waals surface area contributed by atoms with Gasteiger partial charge in [0.05, 0.1) is 5.60 Å². The second-order valence-corrected chi connectivity index (χ2v) is 8.96. The smallest absolute Gasteiger partial charge is 0.244 e. The van der Waals surface area contributed by atoms with E-state index in [1.165, 1.54) is 32.1 Å². The van der Waals surface area contributed by atoms with E-state index >= 15 is 0 Å². The van der Waals surface area contributed by atoms with Gasteiger partial charge in [0.2, 0.25) is 5.91 Å². The van der Waals surface area contributed by atoms with Crippen molar-refractivity contribution in [3.8, 4) is 0 Å². The summed E-state index contributed by atoms with van der Waals surface area (Å²) in [6.45, 7) is 6.90. The quantitative estimate of drug-likeness (QED) is 0.104. The molecule has 0 saturated carbocycles. The zero-order valence-electron chi connectivity index (χ0n) is 21.7. The molecule has 1 amide bonds. The van der Waals surface area contributed by atoms with Crippen LogP contribution in [0, 0.1) is 0 Å². The number of hydrogen-bond donors (Lipinski definition) is 2. The lowest BCUT2D eigenvalue weighted by Gasteiger charge is -2.28. The van der Waals surface area contributed by atoms with Gasteiger partial charge in [0.25, 0.3) is 0 Å². The third-order valence-electron chi connectivity index (χ3n) is 5.64. The number of amides is 1. The molecule has 0 aliphatic carbocycles. The van der Waals surface area contributed by atoms with Crippen LogP contribution in [0.15, 0.2) is 60.8 Å². The van der Waals surface area contributed by atoms with Crippen LogP contribution >= 0.6 is 0 Å². The molecular weight excluding hydrogens is 406 g/mol. The van der Waals surface area contributed by atoms with E-state index in [4.69, 9.17) is 0 Å². The number of carbonyl (C=O) groups excluding carboxylic acids is 1. The molecule has 0 aliphatic heterocycles. The average Bonchev–Trinajstić information content (AvgIpc) is 2.81. The van der Waals surface area contributed by atoms with Crippen LogP contribution in [0.2, 0.25) is 0 Å². The van der Waals surface area contributed by atoms with Crippen molar-refractivity contribution in [2.24, 2.45) is 0 Å². The van der Waals surface area contributed by atoms with E-state index in [1.54, 1.807) is 12.2 Å². The minimum Gasteiger partial charge on any atom is -0.388 e. The molecule has 33 heavy (non-hydrogen) atoms. The van der Waals surface area contributed by atoms with E-state index in [9.17, 15) is 9.90 Å². The fourth-order valence-corrected chi connectivity index (χ4v) is 3.53. The molecule has 188 valence electrons. The van der Waals surface area contributed by atoms with Crippen molar-refractivity contribution in [2.45, 2.75) is 116 Å². The topological polar surface area (TPSA) is 49.3 Å². The lowest BCUT2D eigenvalue weighted by molar-refractivity contribution is -0.118. The first kappa shape index (κ1) is 31.1. The Labute approximate surface area is 204 Å². The SMILES string of the molecule is CCCC=CC=CC=CCCC=CC=CC(=O)NCC(O)(CCCCCC)CCCCCC. The molecule has 0 atom stereocenters. The Morgan fingerprint density at radius 3 is 1.70 bits per heavy atom. The number of aliphatic hydroxyl groups is 1. The summed E-state index contributed by atoms with van der Waals surface area (Å²) in [7, 11) is 0. The summed E-state index contributed by atoms with van der Waals surface area (Å²) in [6, 6.07) is 0. The number of carbonyl (C=O) groups is 1. The molecule has 0 aromatic carbocycles. The van der Waals surface area contributed by atoms with Crippen molar-refractivity contribution in [1.82, 2.24) is 5.32 Å². The summed E-state index contributed by atoms with van der Waals surface area (Å²) in [5, 5.41) is 14.0. The van der Waals surface area contributed by atoms with E-state index in [2.05, 4.69) is 68.6 Å². The fraction of sp³-hybridized carbons (Fsp3) is 0.633. The zero-order chi connectivity index (χ0) is 24.5. The van der Waals surface area contributed by atoms with Crippen molar-refractivity contribution in [2.75, 3.05) is 6.54 Å². The average molecular weight is 458 g/mol. The molecule has 3 nitrogen and oxygen atoms in total. The van der Waals surface area contributed by atoms with Gasteiger partial charge in [-0.25, -0.2) is 0 Å². The highest BCUT2D eigenvalue weighted by atomic mass is 16.3. The molecule has 0 fully saturated rings. The fourth-order valence-electron chi connectivity index (χ4n) is 3.53. The van der Waals surface area contributed by atoms with Gasteiger partial charge < -0.3 is 10.4 Å². The van der Waals surface area contributed by atoms with Gasteiger partial charge in [0, 0.05) is 12.6 Å². The number of unbranched alkanes of at least 4 members (excludes halogenated alkanes) is 8. The van der Waals surface area contributed by atoms with Gasteiger partial charge in [-0.3, -0.25) is 4.79 Å². The van der Waals surface area contributed by atoms with Gasteiger partial charge in [0.15, 0.2) is 0 Å². The van der Waals surface area contributed by atoms with Gasteiger partial charge in [-0.15, -0.1) is 0 Å². The van der Waals surface area contributed by atoms with Crippen molar-refractivity contribution >= 4 is 5.91 Å². The van der Waals surface area contributed by atoms with Crippen molar-refractivity contribution in [1.29, 1.82) is 0 Å². The lowest BCUT2D eigenvalue weighted by Crippen LogP contribution is -2.42. The summed E-state index contributed by atoms with van der Waals surface area (Å²) < 4.78 is 0. The Morgan fingerprint density at radius 2 is 1.18 bits per heavy atom. The van der Waals surface area contributed by atoms with E-state index in [0.717, 1.165) is 57.8 Å². The molecule has 3 heteroatoms. The molecule has 0 aromatic heterocycles. The molecule has 0 rings (SSSR count). The zero-order valence-corrected chi connectivity index (χ0v) is 21.7. The van der Waals surface area contributed by atoms with Gasteiger partial charge in [-0.05, 0) is 32.1 Å². The number of nitrogens with one attached hydrogen (secondary N) is 1. The van der Waals surface area contributed by atoms with Gasteiger partial charge in [-0.2, -0.15) is 0 Å². The second-order valence-electron chi connectivity index (χ2n) is 8.96. The molecule has 0 saturated heterocycles. The maximum Gasteiger partial charge on any atom is 0.244 e. The first-order valence-electron chi connectivity index (χ1n) is 13.4. The first-order valence-corrected chi connectivity index (χ1v) is 13.4. The molecule has 0 aliphatic rings. The normalized spacial score (nSPS) is 13.0. The molecule has 0 spiro atoms. The minimum atomic E-state index is -0.784. The minimum absolute atomic E-state index is 0.138. The number of hydrogen-bond acceptors (Lipinski definition) is 2. The van der Waals surface area contributed by atoms with Gasteiger partial charge in [0.1, 0.15) is 0 Å². The van der Waals surface area contributed by atoms with Crippen molar-refractivity contribution in [3.05, 3.63) is 60.8 Å². The Kier molecular flexibility index (Phi) is 22.0. The predicted molar refractivity (Wildman–Crippen MR) is 145 cm³/mol. The van der Waals surface area contributed by atoms with Crippen LogP contribution in [0.3, 0.4) is 0 Å². The molecule has 2 N–H and O–H groups in total. The van der Waals surface area contributed by atoms with E-state index in [-0.39, 0.29) is 5.91 Å². The van der Waals surface area contributed by atoms with Crippen LogP contribution in [0.5, 0.6) is 0 Å². The second kappa shape index (κ2) is 23.3. The summed E-state index contributed by atoms with van der Waals surface area (Å²) >= 11 is 0. The molecule has 0 unspecified atom stereocenters. The van der Waals surface area contributed by atoms with Gasteiger partial charge >= 0.3 is 0 Å². The van der Waals surface area contributed by atoms with E-state index in [1.807, 2.05) is 6.08 Å². The van der Waals surface area contributed by atoms with Crippen LogP contribution in [-0.2, 0) is 4.79 Å². The molecule has 0 radical (unpaired) electrons. The molecular formula is C30H51NO2. The largest absolute Gasteiger partial charge is 0.388 e. The molecule has 0 bridgehead atoms. The number of rotatable bonds is 21. The first-order chi connectivity index (χ1) is 16.1. The Morgan fingerprint density at radius 1 is 0.667 bits per heavy atom. The maximum absolute atomic E-state index is 12.2. The lowest BCUT2D eigenvalue weighted by atomic mass is 9.89. The Hall–Kier alpha value is -1.87. The van der Waals surface area contributed by atoms with E-state index in [0.29, 0.717) is 6.54 Å². The third kappa shape index (κ3) is 21.7. The van der Waals surface area contributed by atoms with Crippen LogP contribution in [0.25, 0.3) is 0 Å². The maximum atomic E-state index is 12.2. The molecule has 0 aromatic rings. The van der Waals surface area contributed by atoms with Crippen LogP contribution in [0.4, 0.5) is 0 Å².